The number of thiocarbonyl (C=S) groups is 1. The molecule has 1 amide bonds. The van der Waals surface area contributed by atoms with Gasteiger partial charge in [-0.2, -0.15) is 0 Å². The minimum atomic E-state index is -2.18. The van der Waals surface area contributed by atoms with Crippen LogP contribution in [0.4, 0.5) is 39.0 Å². The first-order chi connectivity index (χ1) is 19.6. The van der Waals surface area contributed by atoms with Crippen LogP contribution in [0.2, 0.25) is 0 Å². The van der Waals surface area contributed by atoms with Gasteiger partial charge in [-0.3, -0.25) is 10.1 Å². The van der Waals surface area contributed by atoms with Crippen LogP contribution in [0, 0.1) is 29.1 Å². The molecule has 1 fully saturated rings. The predicted octanol–water partition coefficient (Wildman–Crippen LogP) is 4.86. The van der Waals surface area contributed by atoms with E-state index in [0.717, 1.165) is 10.6 Å². The van der Waals surface area contributed by atoms with Crippen LogP contribution in [0.3, 0.4) is 0 Å². The number of halogens is 5. The van der Waals surface area contributed by atoms with E-state index in [4.69, 9.17) is 26.4 Å². The summed E-state index contributed by atoms with van der Waals surface area (Å²) in [6.07, 6.45) is 0. The van der Waals surface area contributed by atoms with Gasteiger partial charge < -0.3 is 29.3 Å². The summed E-state index contributed by atoms with van der Waals surface area (Å²) < 4.78 is 84.8. The van der Waals surface area contributed by atoms with Crippen molar-refractivity contribution < 1.29 is 41.0 Å². The number of carbonyl (C=O) groups is 1. The van der Waals surface area contributed by atoms with Gasteiger partial charge >= 0.3 is 0 Å². The number of ether oxygens (including phenoxy) is 3. The van der Waals surface area contributed by atoms with Gasteiger partial charge in [0.2, 0.25) is 11.6 Å². The number of rotatable bonds is 7. The fourth-order valence-electron chi connectivity index (χ4n) is 4.36. The lowest BCUT2D eigenvalue weighted by Gasteiger charge is -2.37. The zero-order valence-corrected chi connectivity index (χ0v) is 22.9. The molecule has 0 radical (unpaired) electrons. The van der Waals surface area contributed by atoms with Gasteiger partial charge in [-0.05, 0) is 48.6 Å². The van der Waals surface area contributed by atoms with Crippen LogP contribution in [0.1, 0.15) is 10.4 Å². The number of hydrogen-bond acceptors (Lipinski definition) is 7. The van der Waals surface area contributed by atoms with Crippen molar-refractivity contribution in [3.8, 4) is 17.2 Å². The smallest absolute Gasteiger partial charge is 0.257 e. The predicted molar refractivity (Wildman–Crippen MR) is 147 cm³/mol. The van der Waals surface area contributed by atoms with E-state index in [1.54, 1.807) is 24.3 Å². The first-order valence-electron chi connectivity index (χ1n) is 12.1. The third-order valence-electron chi connectivity index (χ3n) is 6.43. The average Bonchev–Trinajstić information content (AvgIpc) is 2.99. The molecule has 41 heavy (non-hydrogen) atoms. The Hall–Kier alpha value is -4.33. The molecule has 0 aliphatic carbocycles. The van der Waals surface area contributed by atoms with Crippen molar-refractivity contribution in [3.63, 3.8) is 0 Å². The molecule has 0 saturated carbocycles. The number of carbonyl (C=O) groups excluding carboxylic acids is 1. The van der Waals surface area contributed by atoms with E-state index in [2.05, 4.69) is 10.6 Å². The molecule has 0 bridgehead atoms. The van der Waals surface area contributed by atoms with Gasteiger partial charge in [0.15, 0.2) is 39.9 Å². The first kappa shape index (κ1) is 29.6. The van der Waals surface area contributed by atoms with E-state index < -0.39 is 40.7 Å². The van der Waals surface area contributed by atoms with E-state index in [0.29, 0.717) is 22.9 Å². The second-order valence-corrected chi connectivity index (χ2v) is 9.17. The lowest BCUT2D eigenvalue weighted by atomic mass is 10.1. The van der Waals surface area contributed by atoms with Crippen LogP contribution in [-0.2, 0) is 0 Å². The van der Waals surface area contributed by atoms with Crippen LogP contribution in [0.25, 0.3) is 0 Å². The fourth-order valence-corrected chi connectivity index (χ4v) is 4.58. The summed E-state index contributed by atoms with van der Waals surface area (Å²) in [6, 6.07) is 9.92. The third-order valence-corrected chi connectivity index (χ3v) is 6.63. The number of benzene rings is 3. The Bertz CT molecular complexity index is 1410. The molecule has 14 heteroatoms. The Morgan fingerprint density at radius 1 is 0.756 bits per heavy atom. The Labute approximate surface area is 237 Å². The number of methoxy groups -OCH3 is 3. The molecule has 4 rings (SSSR count). The fraction of sp³-hybridized carbons (Fsp3) is 0.259. The number of hydrogen-bond donors (Lipinski definition) is 2. The zero-order chi connectivity index (χ0) is 29.8. The quantitative estimate of drug-likeness (QED) is 0.174. The van der Waals surface area contributed by atoms with Gasteiger partial charge in [0, 0.05) is 43.1 Å². The molecule has 0 unspecified atom stereocenters. The minimum absolute atomic E-state index is 0.0351. The average molecular weight is 597 g/mol. The van der Waals surface area contributed by atoms with Crippen LogP contribution in [-0.4, -0.2) is 58.5 Å². The summed E-state index contributed by atoms with van der Waals surface area (Å²) >= 11 is 5.26. The van der Waals surface area contributed by atoms with Crippen molar-refractivity contribution in [2.75, 3.05) is 62.6 Å². The highest BCUT2D eigenvalue weighted by Gasteiger charge is 2.30. The lowest BCUT2D eigenvalue weighted by Crippen LogP contribution is -2.47. The SMILES string of the molecule is COc1cc(C(=O)NC(=S)Nc2ccc(N3CCN(c4c(F)c(F)c(F)c(F)c4F)CC3)cc2)cc(OC)c1OC. The number of amides is 1. The van der Waals surface area contributed by atoms with Crippen molar-refractivity contribution in [2.24, 2.45) is 0 Å². The van der Waals surface area contributed by atoms with Gasteiger partial charge in [-0.1, -0.05) is 0 Å². The van der Waals surface area contributed by atoms with Crippen molar-refractivity contribution in [3.05, 3.63) is 71.0 Å². The second-order valence-electron chi connectivity index (χ2n) is 8.76. The van der Waals surface area contributed by atoms with Crippen LogP contribution in [0.15, 0.2) is 36.4 Å². The summed E-state index contributed by atoms with van der Waals surface area (Å²) in [5.74, 6) is -9.38. The van der Waals surface area contributed by atoms with Gasteiger partial charge in [0.25, 0.3) is 5.91 Å². The van der Waals surface area contributed by atoms with Crippen molar-refractivity contribution >= 4 is 40.3 Å². The second kappa shape index (κ2) is 12.5. The Kier molecular flexibility index (Phi) is 9.01. The zero-order valence-electron chi connectivity index (χ0n) is 22.1. The van der Waals surface area contributed by atoms with Crippen LogP contribution >= 0.6 is 12.2 Å². The summed E-state index contributed by atoms with van der Waals surface area (Å²) in [4.78, 5) is 15.8. The highest BCUT2D eigenvalue weighted by Crippen LogP contribution is 2.38. The number of anilines is 3. The maximum atomic E-state index is 14.2. The molecule has 3 aromatic carbocycles. The molecule has 8 nitrogen and oxygen atoms in total. The maximum Gasteiger partial charge on any atom is 0.257 e. The van der Waals surface area contributed by atoms with Gasteiger partial charge in [0.1, 0.15) is 5.69 Å². The summed E-state index contributed by atoms with van der Waals surface area (Å²) in [7, 11) is 4.31. The minimum Gasteiger partial charge on any atom is -0.493 e. The third kappa shape index (κ3) is 6.06. The molecule has 0 atom stereocenters. The van der Waals surface area contributed by atoms with Crippen molar-refractivity contribution in [1.29, 1.82) is 0 Å². The summed E-state index contributed by atoms with van der Waals surface area (Å²) in [5.41, 5.74) is 0.635. The highest BCUT2D eigenvalue weighted by atomic mass is 32.1. The molecule has 1 saturated heterocycles. The van der Waals surface area contributed by atoms with E-state index >= 15 is 0 Å². The molecule has 0 spiro atoms. The van der Waals surface area contributed by atoms with Gasteiger partial charge in [-0.25, -0.2) is 22.0 Å². The topological polar surface area (TPSA) is 75.3 Å². The van der Waals surface area contributed by atoms with Gasteiger partial charge in [0.05, 0.1) is 21.3 Å². The number of piperazine rings is 1. The first-order valence-corrected chi connectivity index (χ1v) is 12.5. The maximum absolute atomic E-state index is 14.2. The molecule has 3 aromatic rings. The lowest BCUT2D eigenvalue weighted by molar-refractivity contribution is 0.0977. The molecule has 0 aromatic heterocycles. The Balaban J connectivity index is 1.36. The normalized spacial score (nSPS) is 13.1. The van der Waals surface area contributed by atoms with E-state index in [-0.39, 0.29) is 36.9 Å². The van der Waals surface area contributed by atoms with Crippen LogP contribution < -0.4 is 34.6 Å². The van der Waals surface area contributed by atoms with E-state index in [1.807, 2.05) is 4.90 Å². The molecule has 1 aliphatic heterocycles. The standard InChI is InChI=1S/C27H25F5N4O4S/c1-38-17-12-14(13-18(39-2)25(17)40-3)26(37)34-27(41)33-15-4-6-16(7-5-15)35-8-10-36(11-9-35)24-22(31)20(29)19(28)21(30)23(24)32/h4-7,12-13H,8-11H2,1-3H3,(H2,33,34,37,41). The van der Waals surface area contributed by atoms with E-state index in [1.165, 1.54) is 33.5 Å². The Morgan fingerprint density at radius 2 is 1.24 bits per heavy atom. The van der Waals surface area contributed by atoms with E-state index in [9.17, 15) is 26.7 Å². The molecule has 1 heterocycles. The van der Waals surface area contributed by atoms with Crippen molar-refractivity contribution in [2.45, 2.75) is 0 Å². The number of nitrogens with one attached hydrogen (secondary N) is 2. The highest BCUT2D eigenvalue weighted by molar-refractivity contribution is 7.80. The molecular weight excluding hydrogens is 571 g/mol. The molecular formula is C27H25F5N4O4S. The molecule has 2 N–H and O–H groups in total. The van der Waals surface area contributed by atoms with Gasteiger partial charge in [-0.15, -0.1) is 0 Å². The molecule has 1 aliphatic rings. The summed E-state index contributed by atoms with van der Waals surface area (Å²) in [6.45, 7) is 0.621. The monoisotopic (exact) mass is 596 g/mol. The van der Waals surface area contributed by atoms with Crippen molar-refractivity contribution in [1.82, 2.24) is 5.32 Å². The largest absolute Gasteiger partial charge is 0.493 e. The molecule has 218 valence electrons. The summed E-state index contributed by atoms with van der Waals surface area (Å²) in [5, 5.41) is 5.52. The van der Waals surface area contributed by atoms with Crippen LogP contribution in [0.5, 0.6) is 17.2 Å². The Morgan fingerprint density at radius 3 is 1.73 bits per heavy atom. The number of nitrogens with zero attached hydrogens (tertiary/aromatic N) is 2.